The Morgan fingerprint density at radius 1 is 1.00 bits per heavy atom. The molecule has 0 aliphatic heterocycles. The minimum absolute atomic E-state index is 0.884. The Hall–Kier alpha value is 0. The average Bonchev–Trinajstić information content (AvgIpc) is 2.03. The largest absolute Gasteiger partial charge is 0.0683 e. The van der Waals surface area contributed by atoms with Crippen LogP contribution in [0.5, 0.6) is 0 Å². The van der Waals surface area contributed by atoms with Gasteiger partial charge in [0.15, 0.2) is 0 Å². The summed E-state index contributed by atoms with van der Waals surface area (Å²) in [6.45, 7) is 13.2. The van der Waals surface area contributed by atoms with Crippen molar-refractivity contribution in [1.29, 1.82) is 0 Å². The molecule has 0 nitrogen and oxygen atoms in total. The lowest BCUT2D eigenvalue weighted by Crippen LogP contribution is -2.06. The van der Waals surface area contributed by atoms with E-state index in [1.165, 1.54) is 19.3 Å². The molecule has 0 aliphatic carbocycles. The number of hydrogen-bond acceptors (Lipinski definition) is 0. The van der Waals surface area contributed by atoms with Gasteiger partial charge in [-0.3, -0.25) is 0 Å². The second kappa shape index (κ2) is 10.0. The molecule has 0 saturated carbocycles. The molecule has 0 spiro atoms. The van der Waals surface area contributed by atoms with Crippen LogP contribution < -0.4 is 0 Å². The fourth-order valence-corrected chi connectivity index (χ4v) is 1.38. The highest BCUT2D eigenvalue weighted by Gasteiger charge is 2.08. The van der Waals surface area contributed by atoms with Crippen molar-refractivity contribution in [2.24, 2.45) is 11.8 Å². The smallest absolute Gasteiger partial charge is 0.0394 e. The summed E-state index contributed by atoms with van der Waals surface area (Å²) >= 11 is 0. The quantitative estimate of drug-likeness (QED) is 0.565. The van der Waals surface area contributed by atoms with Crippen LogP contribution >= 0.6 is 0 Å². The highest BCUT2D eigenvalue weighted by molar-refractivity contribution is 4.59. The van der Waals surface area contributed by atoms with Gasteiger partial charge >= 0.3 is 0 Å². The molecule has 70 valence electrons. The minimum Gasteiger partial charge on any atom is -0.0683 e. The topological polar surface area (TPSA) is 0 Å². The maximum atomic E-state index is 2.32. The van der Waals surface area contributed by atoms with E-state index in [2.05, 4.69) is 27.7 Å². The second-order valence-corrected chi connectivity index (χ2v) is 3.20. The molecular formula is C11H26. The molecule has 11 heavy (non-hydrogen) atoms. The summed E-state index contributed by atoms with van der Waals surface area (Å²) in [5.41, 5.74) is 0. The summed E-state index contributed by atoms with van der Waals surface area (Å²) in [5.74, 6) is 1.85. The first-order valence-corrected chi connectivity index (χ1v) is 5.22. The van der Waals surface area contributed by atoms with Crippen molar-refractivity contribution >= 4 is 0 Å². The van der Waals surface area contributed by atoms with Gasteiger partial charge in [0.2, 0.25) is 0 Å². The Bertz CT molecular complexity index is 55.1. The molecule has 0 rings (SSSR count). The molecule has 0 heterocycles. The van der Waals surface area contributed by atoms with Crippen molar-refractivity contribution in [3.8, 4) is 0 Å². The Balaban J connectivity index is 0. The molecule has 0 amide bonds. The van der Waals surface area contributed by atoms with Gasteiger partial charge in [-0.05, 0) is 11.8 Å². The highest BCUT2D eigenvalue weighted by atomic mass is 14.1. The summed E-state index contributed by atoms with van der Waals surface area (Å²) in [6.07, 6.45) is 4.11. The molecule has 1 unspecified atom stereocenters. The van der Waals surface area contributed by atoms with Crippen LogP contribution in [0.2, 0.25) is 0 Å². The van der Waals surface area contributed by atoms with Gasteiger partial charge in [-0.15, -0.1) is 0 Å². The predicted molar refractivity (Wildman–Crippen MR) is 54.9 cm³/mol. The Morgan fingerprint density at radius 3 is 1.55 bits per heavy atom. The third kappa shape index (κ3) is 7.90. The molecule has 0 fully saturated rings. The third-order valence-electron chi connectivity index (χ3n) is 2.13. The molecule has 0 aromatic heterocycles. The molecular weight excluding hydrogens is 132 g/mol. The molecule has 0 bridgehead atoms. The van der Waals surface area contributed by atoms with Gasteiger partial charge in [0.1, 0.15) is 0 Å². The fraction of sp³-hybridized carbons (Fsp3) is 1.00. The van der Waals surface area contributed by atoms with E-state index in [0.717, 1.165) is 11.8 Å². The Kier molecular flexibility index (Phi) is 12.3. The van der Waals surface area contributed by atoms with Crippen LogP contribution in [0.15, 0.2) is 0 Å². The first-order chi connectivity index (χ1) is 5.22. The summed E-state index contributed by atoms with van der Waals surface area (Å²) in [6, 6.07) is 0. The zero-order chi connectivity index (χ0) is 9.28. The van der Waals surface area contributed by atoms with Crippen LogP contribution in [-0.2, 0) is 0 Å². The standard InChI is InChI=1S/C9H20.C2H6/c1-5-7-9(6-2)8(3)4;1-2/h8-9H,5-7H2,1-4H3;1-2H3. The van der Waals surface area contributed by atoms with Crippen molar-refractivity contribution in [2.45, 2.75) is 60.8 Å². The Morgan fingerprint density at radius 2 is 1.45 bits per heavy atom. The van der Waals surface area contributed by atoms with E-state index in [1.807, 2.05) is 13.8 Å². The lowest BCUT2D eigenvalue weighted by molar-refractivity contribution is 0.346. The van der Waals surface area contributed by atoms with Gasteiger partial charge < -0.3 is 0 Å². The van der Waals surface area contributed by atoms with E-state index in [0.29, 0.717) is 0 Å². The normalized spacial score (nSPS) is 12.3. The van der Waals surface area contributed by atoms with Crippen LogP contribution in [0.1, 0.15) is 60.8 Å². The summed E-state index contributed by atoms with van der Waals surface area (Å²) in [4.78, 5) is 0. The molecule has 0 heteroatoms. The molecule has 0 N–H and O–H groups in total. The first-order valence-electron chi connectivity index (χ1n) is 5.22. The van der Waals surface area contributed by atoms with Crippen LogP contribution in [0.25, 0.3) is 0 Å². The lowest BCUT2D eigenvalue weighted by atomic mass is 9.89. The van der Waals surface area contributed by atoms with E-state index in [9.17, 15) is 0 Å². The van der Waals surface area contributed by atoms with Gasteiger partial charge in [0.25, 0.3) is 0 Å². The van der Waals surface area contributed by atoms with Crippen LogP contribution in [-0.4, -0.2) is 0 Å². The number of hydrogen-bond donors (Lipinski definition) is 0. The van der Waals surface area contributed by atoms with E-state index >= 15 is 0 Å². The highest BCUT2D eigenvalue weighted by Crippen LogP contribution is 2.19. The van der Waals surface area contributed by atoms with E-state index in [4.69, 9.17) is 0 Å². The van der Waals surface area contributed by atoms with Crippen LogP contribution in [0.3, 0.4) is 0 Å². The first kappa shape index (κ1) is 13.6. The molecule has 1 atom stereocenters. The van der Waals surface area contributed by atoms with Gasteiger partial charge in [-0.2, -0.15) is 0 Å². The van der Waals surface area contributed by atoms with Crippen molar-refractivity contribution in [1.82, 2.24) is 0 Å². The van der Waals surface area contributed by atoms with Crippen molar-refractivity contribution in [3.05, 3.63) is 0 Å². The van der Waals surface area contributed by atoms with E-state index in [1.54, 1.807) is 0 Å². The molecule has 0 aliphatic rings. The maximum Gasteiger partial charge on any atom is -0.0394 e. The van der Waals surface area contributed by atoms with E-state index < -0.39 is 0 Å². The van der Waals surface area contributed by atoms with Gasteiger partial charge in [-0.25, -0.2) is 0 Å². The predicted octanol–water partition coefficient (Wildman–Crippen LogP) is 4.49. The zero-order valence-corrected chi connectivity index (χ0v) is 9.28. The molecule has 0 radical (unpaired) electrons. The van der Waals surface area contributed by atoms with Gasteiger partial charge in [0, 0.05) is 0 Å². The average molecular weight is 158 g/mol. The lowest BCUT2D eigenvalue weighted by Gasteiger charge is -2.17. The minimum atomic E-state index is 0.884. The Labute approximate surface area is 73.4 Å². The van der Waals surface area contributed by atoms with Crippen LogP contribution in [0.4, 0.5) is 0 Å². The molecule has 0 aromatic rings. The molecule has 0 saturated heterocycles. The van der Waals surface area contributed by atoms with E-state index in [-0.39, 0.29) is 0 Å². The second-order valence-electron chi connectivity index (χ2n) is 3.20. The summed E-state index contributed by atoms with van der Waals surface area (Å²) in [5, 5.41) is 0. The SMILES string of the molecule is CC.CCCC(CC)C(C)C. The monoisotopic (exact) mass is 158 g/mol. The van der Waals surface area contributed by atoms with Crippen molar-refractivity contribution in [3.63, 3.8) is 0 Å². The van der Waals surface area contributed by atoms with Crippen molar-refractivity contribution < 1.29 is 0 Å². The number of rotatable bonds is 4. The zero-order valence-electron chi connectivity index (χ0n) is 9.28. The summed E-state index contributed by atoms with van der Waals surface area (Å²) in [7, 11) is 0. The van der Waals surface area contributed by atoms with Gasteiger partial charge in [0.05, 0.1) is 0 Å². The maximum absolute atomic E-state index is 2.32. The summed E-state index contributed by atoms with van der Waals surface area (Å²) < 4.78 is 0. The van der Waals surface area contributed by atoms with Gasteiger partial charge in [-0.1, -0.05) is 60.8 Å². The van der Waals surface area contributed by atoms with Crippen LogP contribution in [0, 0.1) is 11.8 Å². The fourth-order valence-electron chi connectivity index (χ4n) is 1.38. The van der Waals surface area contributed by atoms with Crippen molar-refractivity contribution in [2.75, 3.05) is 0 Å². The third-order valence-corrected chi connectivity index (χ3v) is 2.13. The molecule has 0 aromatic carbocycles.